The zero-order valence-electron chi connectivity index (χ0n) is 32.2. The van der Waals surface area contributed by atoms with Crippen LogP contribution in [-0.4, -0.2) is 54.5 Å². The number of esters is 1. The van der Waals surface area contributed by atoms with Crippen LogP contribution in [0, 0.1) is 0 Å². The Kier molecular flexibility index (Phi) is 36.3. The van der Waals surface area contributed by atoms with Crippen molar-refractivity contribution < 1.29 is 37.9 Å². The van der Waals surface area contributed by atoms with E-state index in [1.54, 1.807) is 12.3 Å². The lowest BCUT2D eigenvalue weighted by atomic mass is 10.0. The number of phosphoric acid groups is 1. The van der Waals surface area contributed by atoms with Gasteiger partial charge >= 0.3 is 13.8 Å². The second kappa shape index (κ2) is 37.7. The van der Waals surface area contributed by atoms with E-state index >= 15 is 0 Å². The summed E-state index contributed by atoms with van der Waals surface area (Å²) in [6, 6.07) is 0. The van der Waals surface area contributed by atoms with E-state index in [0.29, 0.717) is 19.3 Å². The molecule has 0 aliphatic heterocycles. The van der Waals surface area contributed by atoms with Crippen LogP contribution in [0.3, 0.4) is 0 Å². The fraction of sp³-hybridized carbons (Fsp3) is 0.732. The second-order valence-corrected chi connectivity index (χ2v) is 14.5. The number of hydrogen-bond donors (Lipinski definition) is 3. The number of aliphatic hydroxyl groups excluding tert-OH is 1. The highest BCUT2D eigenvalue weighted by Gasteiger charge is 2.25. The predicted octanol–water partition coefficient (Wildman–Crippen LogP) is 10.7. The van der Waals surface area contributed by atoms with Crippen molar-refractivity contribution in [1.29, 1.82) is 0 Å². The Morgan fingerprint density at radius 1 is 0.706 bits per heavy atom. The molecule has 0 spiro atoms. The van der Waals surface area contributed by atoms with Gasteiger partial charge in [-0.25, -0.2) is 4.57 Å². The Hall–Kier alpha value is -2.00. The van der Waals surface area contributed by atoms with Crippen LogP contribution in [0.1, 0.15) is 155 Å². The van der Waals surface area contributed by atoms with Crippen LogP contribution in [0.25, 0.3) is 0 Å². The van der Waals surface area contributed by atoms with Gasteiger partial charge < -0.3 is 25.2 Å². The van der Waals surface area contributed by atoms with E-state index in [9.17, 15) is 19.4 Å². The summed E-state index contributed by atoms with van der Waals surface area (Å²) in [7, 11) is -4.33. The normalized spacial score (nSPS) is 14.8. The summed E-state index contributed by atoms with van der Waals surface area (Å²) >= 11 is 0. The summed E-state index contributed by atoms with van der Waals surface area (Å²) in [5.41, 5.74) is 5.34. The highest BCUT2D eigenvalue weighted by molar-refractivity contribution is 7.47. The molecule has 10 heteroatoms. The molecule has 0 bridgehead atoms. The summed E-state index contributed by atoms with van der Waals surface area (Å²) in [5, 5.41) is 10.1. The Bertz CT molecular complexity index is 981. The van der Waals surface area contributed by atoms with Gasteiger partial charge in [-0.15, -0.1) is 0 Å². The average molecular weight is 740 g/mol. The predicted molar refractivity (Wildman–Crippen MR) is 211 cm³/mol. The topological polar surface area (TPSA) is 138 Å². The van der Waals surface area contributed by atoms with E-state index in [2.05, 4.69) is 32.1 Å². The third-order valence-electron chi connectivity index (χ3n) is 8.08. The standard InChI is InChI=1S/C41H74NO8P/c1-3-5-7-9-11-13-15-16-17-18-20-22-26-30-35-47-37-40(38-49-51(45,46)48-36-34-42)50-41(44)33-29-25-24-28-32-39(43)31-27-23-21-19-14-12-10-8-6-4-2/h12,14,21,23-24,27-28,30-31,35,39-40,43H,3-11,13,15-20,22,25-26,29,32-34,36-38,42H2,1-2H3,(H,45,46)/b14-12-,23-21-,28-24-,31-27-,35-30-. The van der Waals surface area contributed by atoms with Crippen LogP contribution in [0.2, 0.25) is 0 Å². The van der Waals surface area contributed by atoms with Crippen LogP contribution in [-0.2, 0) is 27.9 Å². The Morgan fingerprint density at radius 3 is 1.98 bits per heavy atom. The van der Waals surface area contributed by atoms with Crippen molar-refractivity contribution in [3.8, 4) is 0 Å². The van der Waals surface area contributed by atoms with E-state index in [0.717, 1.165) is 25.7 Å². The summed E-state index contributed by atoms with van der Waals surface area (Å²) in [6.07, 6.45) is 42.1. The minimum Gasteiger partial charge on any atom is -0.498 e. The quantitative estimate of drug-likeness (QED) is 0.0142. The van der Waals surface area contributed by atoms with Crippen LogP contribution < -0.4 is 5.73 Å². The number of carbonyl (C=O) groups is 1. The number of ether oxygens (including phenoxy) is 2. The minimum atomic E-state index is -4.33. The molecule has 0 saturated carbocycles. The first-order valence-corrected chi connectivity index (χ1v) is 21.4. The Balaban J connectivity index is 4.34. The molecule has 0 fully saturated rings. The van der Waals surface area contributed by atoms with Gasteiger partial charge in [0, 0.05) is 13.0 Å². The molecule has 0 amide bonds. The van der Waals surface area contributed by atoms with Crippen molar-refractivity contribution in [3.05, 3.63) is 60.9 Å². The molecule has 0 aliphatic rings. The molecule has 0 rings (SSSR count). The first-order chi connectivity index (χ1) is 24.8. The number of hydrogen-bond acceptors (Lipinski definition) is 8. The zero-order valence-corrected chi connectivity index (χ0v) is 33.1. The first kappa shape index (κ1) is 49.0. The number of carbonyl (C=O) groups excluding carboxylic acids is 1. The SMILES string of the molecule is CCCCC/C=C\C/C=C\C=C/C(O)C/C=C\CCCC(=O)OC(CO/C=C\CCCCCCCCCCCCCC)COP(=O)(O)OCCN. The highest BCUT2D eigenvalue weighted by atomic mass is 31.2. The fourth-order valence-corrected chi connectivity index (χ4v) is 5.86. The zero-order chi connectivity index (χ0) is 37.5. The lowest BCUT2D eigenvalue weighted by Gasteiger charge is -2.19. The largest absolute Gasteiger partial charge is 0.498 e. The van der Waals surface area contributed by atoms with E-state index < -0.39 is 26.0 Å². The first-order valence-electron chi connectivity index (χ1n) is 19.9. The monoisotopic (exact) mass is 740 g/mol. The lowest BCUT2D eigenvalue weighted by Crippen LogP contribution is -2.27. The molecule has 0 aromatic heterocycles. The molecule has 0 heterocycles. The summed E-state index contributed by atoms with van der Waals surface area (Å²) in [6.45, 7) is 4.02. The van der Waals surface area contributed by atoms with Gasteiger partial charge in [0.05, 0.1) is 25.6 Å². The van der Waals surface area contributed by atoms with Gasteiger partial charge in [-0.05, 0) is 57.4 Å². The van der Waals surface area contributed by atoms with Crippen molar-refractivity contribution in [1.82, 2.24) is 0 Å². The third-order valence-corrected chi connectivity index (χ3v) is 9.07. The number of unbranched alkanes of at least 4 members (excludes halogenated alkanes) is 16. The maximum absolute atomic E-state index is 12.5. The molecule has 3 atom stereocenters. The molecule has 0 aliphatic carbocycles. The van der Waals surface area contributed by atoms with Crippen LogP contribution in [0.15, 0.2) is 60.9 Å². The number of rotatable bonds is 37. The van der Waals surface area contributed by atoms with Crippen LogP contribution in [0.4, 0.5) is 0 Å². The number of nitrogens with two attached hydrogens (primary N) is 1. The Labute approximate surface area is 311 Å². The molecule has 0 saturated heterocycles. The van der Waals surface area contributed by atoms with Gasteiger partial charge in [0.2, 0.25) is 0 Å². The Morgan fingerprint density at radius 2 is 1.29 bits per heavy atom. The highest BCUT2D eigenvalue weighted by Crippen LogP contribution is 2.43. The van der Waals surface area contributed by atoms with E-state index in [1.807, 2.05) is 30.4 Å². The number of phosphoric ester groups is 1. The molecule has 0 aromatic carbocycles. The van der Waals surface area contributed by atoms with Gasteiger partial charge in [-0.3, -0.25) is 13.8 Å². The fourth-order valence-electron chi connectivity index (χ4n) is 5.10. The molecule has 296 valence electrons. The number of aliphatic hydroxyl groups is 1. The van der Waals surface area contributed by atoms with E-state index in [1.165, 1.54) is 89.9 Å². The van der Waals surface area contributed by atoms with Crippen molar-refractivity contribution in [2.45, 2.75) is 167 Å². The van der Waals surface area contributed by atoms with Crippen molar-refractivity contribution in [2.75, 3.05) is 26.4 Å². The maximum atomic E-state index is 12.5. The van der Waals surface area contributed by atoms with Crippen molar-refractivity contribution >= 4 is 13.8 Å². The van der Waals surface area contributed by atoms with Gasteiger partial charge in [-0.1, -0.05) is 146 Å². The maximum Gasteiger partial charge on any atom is 0.472 e. The van der Waals surface area contributed by atoms with Crippen LogP contribution >= 0.6 is 7.82 Å². The molecule has 9 nitrogen and oxygen atoms in total. The summed E-state index contributed by atoms with van der Waals surface area (Å²) in [5.74, 6) is -0.456. The van der Waals surface area contributed by atoms with E-state index in [-0.39, 0.29) is 32.8 Å². The number of allylic oxidation sites excluding steroid dienone is 7. The van der Waals surface area contributed by atoms with Gasteiger partial charge in [0.15, 0.2) is 6.10 Å². The van der Waals surface area contributed by atoms with Gasteiger partial charge in [0.1, 0.15) is 6.61 Å². The molecule has 0 aromatic rings. The lowest BCUT2D eigenvalue weighted by molar-refractivity contribution is -0.153. The summed E-state index contributed by atoms with van der Waals surface area (Å²) < 4.78 is 33.0. The van der Waals surface area contributed by atoms with E-state index in [4.69, 9.17) is 24.3 Å². The minimum absolute atomic E-state index is 0.0200. The molecule has 3 unspecified atom stereocenters. The van der Waals surface area contributed by atoms with Crippen molar-refractivity contribution in [2.24, 2.45) is 5.73 Å². The molecule has 4 N–H and O–H groups in total. The second-order valence-electron chi connectivity index (χ2n) is 13.1. The average Bonchev–Trinajstić information content (AvgIpc) is 3.11. The van der Waals surface area contributed by atoms with Crippen LogP contribution in [0.5, 0.6) is 0 Å². The van der Waals surface area contributed by atoms with Crippen molar-refractivity contribution in [3.63, 3.8) is 0 Å². The molecular formula is C41H74NO8P. The molecule has 51 heavy (non-hydrogen) atoms. The molecule has 0 radical (unpaired) electrons. The third kappa shape index (κ3) is 37.6. The summed E-state index contributed by atoms with van der Waals surface area (Å²) in [4.78, 5) is 22.4. The smallest absolute Gasteiger partial charge is 0.472 e. The van der Waals surface area contributed by atoms with Gasteiger partial charge in [-0.2, -0.15) is 0 Å². The van der Waals surface area contributed by atoms with Gasteiger partial charge in [0.25, 0.3) is 0 Å². The molecular weight excluding hydrogens is 665 g/mol.